The maximum absolute atomic E-state index is 12.0. The zero-order valence-electron chi connectivity index (χ0n) is 10.8. The first-order valence-electron chi connectivity index (χ1n) is 5.82. The van der Waals surface area contributed by atoms with Crippen LogP contribution in [0.25, 0.3) is 0 Å². The van der Waals surface area contributed by atoms with Gasteiger partial charge in [0.05, 0.1) is 21.0 Å². The van der Waals surface area contributed by atoms with E-state index >= 15 is 0 Å². The van der Waals surface area contributed by atoms with Gasteiger partial charge in [0.2, 0.25) is 11.8 Å². The average molecular weight is 331 g/mol. The van der Waals surface area contributed by atoms with Crippen molar-refractivity contribution in [2.75, 3.05) is 5.32 Å². The molecule has 1 aromatic carbocycles. The fourth-order valence-corrected chi connectivity index (χ4v) is 3.02. The lowest BCUT2D eigenvalue weighted by molar-refractivity contribution is -0.115. The van der Waals surface area contributed by atoms with Gasteiger partial charge in [-0.2, -0.15) is 0 Å². The summed E-state index contributed by atoms with van der Waals surface area (Å²) in [5, 5.41) is 7.02. The molecule has 0 bridgehead atoms. The molecule has 0 fully saturated rings. The molecule has 1 unspecified atom stereocenters. The molecular formula is C13H12Cl2N2O2S. The van der Waals surface area contributed by atoms with E-state index in [0.29, 0.717) is 26.5 Å². The molecule has 106 valence electrons. The molecule has 0 radical (unpaired) electrons. The molecule has 1 aromatic heterocycles. The van der Waals surface area contributed by atoms with Crippen molar-refractivity contribution in [3.05, 3.63) is 40.0 Å². The third kappa shape index (κ3) is 3.69. The Morgan fingerprint density at radius 2 is 2.05 bits per heavy atom. The molecule has 1 N–H and O–H groups in total. The van der Waals surface area contributed by atoms with Gasteiger partial charge in [0, 0.05) is 11.0 Å². The van der Waals surface area contributed by atoms with E-state index in [4.69, 9.17) is 27.7 Å². The van der Waals surface area contributed by atoms with Crippen LogP contribution in [-0.2, 0) is 4.79 Å². The zero-order chi connectivity index (χ0) is 14.7. The van der Waals surface area contributed by atoms with Crippen molar-refractivity contribution in [1.29, 1.82) is 0 Å². The number of thioether (sulfide) groups is 1. The highest BCUT2D eigenvalue weighted by Crippen LogP contribution is 2.36. The van der Waals surface area contributed by atoms with Crippen molar-refractivity contribution in [3.8, 4) is 0 Å². The van der Waals surface area contributed by atoms with Crippen LogP contribution in [0.5, 0.6) is 0 Å². The number of benzene rings is 1. The van der Waals surface area contributed by atoms with Crippen LogP contribution >= 0.6 is 35.0 Å². The first-order chi connectivity index (χ1) is 9.47. The Kier molecular flexibility index (Phi) is 4.96. The second-order valence-electron chi connectivity index (χ2n) is 4.13. The zero-order valence-corrected chi connectivity index (χ0v) is 13.1. The highest BCUT2D eigenvalue weighted by atomic mass is 35.5. The molecule has 0 saturated heterocycles. The Morgan fingerprint density at radius 3 is 2.60 bits per heavy atom. The summed E-state index contributed by atoms with van der Waals surface area (Å²) >= 11 is 13.4. The molecular weight excluding hydrogens is 319 g/mol. The van der Waals surface area contributed by atoms with Gasteiger partial charge in [-0.3, -0.25) is 10.1 Å². The van der Waals surface area contributed by atoms with Crippen molar-refractivity contribution < 1.29 is 9.32 Å². The van der Waals surface area contributed by atoms with E-state index in [0.717, 1.165) is 0 Å². The number of anilines is 1. The largest absolute Gasteiger partial charge is 0.338 e. The predicted octanol–water partition coefficient (Wildman–Crippen LogP) is 4.41. The number of nitrogens with zero attached hydrogens (tertiary/aromatic N) is 1. The lowest BCUT2D eigenvalue weighted by Gasteiger charge is -2.12. The predicted molar refractivity (Wildman–Crippen MR) is 81.7 cm³/mol. The molecule has 0 aliphatic rings. The minimum Gasteiger partial charge on any atom is -0.338 e. The van der Waals surface area contributed by atoms with Crippen molar-refractivity contribution in [2.24, 2.45) is 0 Å². The van der Waals surface area contributed by atoms with E-state index in [1.54, 1.807) is 38.1 Å². The number of aryl methyl sites for hydroxylation is 1. The quantitative estimate of drug-likeness (QED) is 0.843. The number of hydrogen-bond acceptors (Lipinski definition) is 4. The van der Waals surface area contributed by atoms with Crippen LogP contribution in [0.2, 0.25) is 10.0 Å². The molecule has 20 heavy (non-hydrogen) atoms. The van der Waals surface area contributed by atoms with Gasteiger partial charge < -0.3 is 4.52 Å². The molecule has 2 aromatic rings. The summed E-state index contributed by atoms with van der Waals surface area (Å²) in [5.74, 6) is 0.118. The van der Waals surface area contributed by atoms with Gasteiger partial charge in [0.15, 0.2) is 0 Å². The smallest absolute Gasteiger partial charge is 0.239 e. The maximum Gasteiger partial charge on any atom is 0.239 e. The normalized spacial score (nSPS) is 12.2. The van der Waals surface area contributed by atoms with Crippen LogP contribution in [0.15, 0.2) is 33.7 Å². The molecule has 0 aliphatic heterocycles. The summed E-state index contributed by atoms with van der Waals surface area (Å²) in [4.78, 5) is 12.7. The second-order valence-corrected chi connectivity index (χ2v) is 6.30. The summed E-state index contributed by atoms with van der Waals surface area (Å²) in [6.07, 6.45) is 0. The minimum atomic E-state index is -0.377. The van der Waals surface area contributed by atoms with E-state index in [-0.39, 0.29) is 11.2 Å². The summed E-state index contributed by atoms with van der Waals surface area (Å²) in [6, 6.07) is 6.88. The van der Waals surface area contributed by atoms with Gasteiger partial charge in [-0.05, 0) is 26.0 Å². The lowest BCUT2D eigenvalue weighted by Crippen LogP contribution is -2.22. The summed E-state index contributed by atoms with van der Waals surface area (Å²) in [6.45, 7) is 3.55. The molecule has 1 amide bonds. The fraction of sp³-hybridized carbons (Fsp3) is 0.231. The minimum absolute atomic E-state index is 0.206. The molecule has 1 atom stereocenters. The number of carbonyl (C=O) groups excluding carboxylic acids is 1. The van der Waals surface area contributed by atoms with Gasteiger partial charge >= 0.3 is 0 Å². The van der Waals surface area contributed by atoms with Crippen molar-refractivity contribution in [2.45, 2.75) is 24.0 Å². The van der Waals surface area contributed by atoms with E-state index in [1.807, 2.05) is 0 Å². The van der Waals surface area contributed by atoms with Crippen molar-refractivity contribution >= 4 is 46.8 Å². The third-order valence-corrected chi connectivity index (χ3v) is 4.55. The van der Waals surface area contributed by atoms with Gasteiger partial charge in [0.25, 0.3) is 0 Å². The summed E-state index contributed by atoms with van der Waals surface area (Å²) < 4.78 is 4.94. The van der Waals surface area contributed by atoms with E-state index in [1.165, 1.54) is 11.8 Å². The van der Waals surface area contributed by atoms with Crippen LogP contribution in [0.1, 0.15) is 12.6 Å². The highest BCUT2D eigenvalue weighted by molar-refractivity contribution is 8.00. The molecule has 1 heterocycles. The Morgan fingerprint density at radius 1 is 1.40 bits per heavy atom. The van der Waals surface area contributed by atoms with Crippen LogP contribution < -0.4 is 5.32 Å². The van der Waals surface area contributed by atoms with Gasteiger partial charge in [-0.25, -0.2) is 0 Å². The standard InChI is InChI=1S/C13H12Cl2N2O2S/c1-7-6-11(19-17-7)16-13(18)8(2)20-12-9(14)4-3-5-10(12)15/h3-6,8H,1-2H3,(H,16,18). The number of halogens is 2. The molecule has 4 nitrogen and oxygen atoms in total. The molecule has 7 heteroatoms. The fourth-order valence-electron chi connectivity index (χ4n) is 1.47. The van der Waals surface area contributed by atoms with Gasteiger partial charge in [0.1, 0.15) is 0 Å². The van der Waals surface area contributed by atoms with Gasteiger partial charge in [-0.15, -0.1) is 11.8 Å². The monoisotopic (exact) mass is 330 g/mol. The first-order valence-corrected chi connectivity index (χ1v) is 7.46. The topological polar surface area (TPSA) is 55.1 Å². The lowest BCUT2D eigenvalue weighted by atomic mass is 10.4. The van der Waals surface area contributed by atoms with E-state index in [9.17, 15) is 4.79 Å². The second kappa shape index (κ2) is 6.52. The Bertz CT molecular complexity index is 610. The number of hydrogen-bond donors (Lipinski definition) is 1. The van der Waals surface area contributed by atoms with Crippen LogP contribution in [0.3, 0.4) is 0 Å². The Labute approximate surface area is 130 Å². The van der Waals surface area contributed by atoms with E-state index in [2.05, 4.69) is 10.5 Å². The number of aromatic nitrogens is 1. The summed E-state index contributed by atoms with van der Waals surface area (Å²) in [7, 11) is 0. The van der Waals surface area contributed by atoms with E-state index < -0.39 is 0 Å². The number of amides is 1. The van der Waals surface area contributed by atoms with Crippen LogP contribution in [0, 0.1) is 6.92 Å². The van der Waals surface area contributed by atoms with Crippen molar-refractivity contribution in [1.82, 2.24) is 5.16 Å². The Balaban J connectivity index is 2.04. The maximum atomic E-state index is 12.0. The number of rotatable bonds is 4. The van der Waals surface area contributed by atoms with Crippen LogP contribution in [0.4, 0.5) is 5.88 Å². The molecule has 0 spiro atoms. The first kappa shape index (κ1) is 15.2. The van der Waals surface area contributed by atoms with Gasteiger partial charge in [-0.1, -0.05) is 34.4 Å². The molecule has 0 saturated carbocycles. The molecule has 2 rings (SSSR count). The highest BCUT2D eigenvalue weighted by Gasteiger charge is 2.19. The Hall–Kier alpha value is -1.17. The van der Waals surface area contributed by atoms with Crippen molar-refractivity contribution in [3.63, 3.8) is 0 Å². The SMILES string of the molecule is Cc1cc(NC(=O)C(C)Sc2c(Cl)cccc2Cl)on1. The average Bonchev–Trinajstić information content (AvgIpc) is 2.79. The number of carbonyl (C=O) groups is 1. The van der Waals surface area contributed by atoms with Crippen LogP contribution in [-0.4, -0.2) is 16.3 Å². The third-order valence-electron chi connectivity index (χ3n) is 2.46. The summed E-state index contributed by atoms with van der Waals surface area (Å²) in [5.41, 5.74) is 0.703. The number of nitrogens with one attached hydrogen (secondary N) is 1. The molecule has 0 aliphatic carbocycles.